The number of sulfonamides is 1. The summed E-state index contributed by atoms with van der Waals surface area (Å²) < 4.78 is 36.3. The highest BCUT2D eigenvalue weighted by Crippen LogP contribution is 2.28. The molecule has 0 aliphatic heterocycles. The van der Waals surface area contributed by atoms with E-state index in [1.54, 1.807) is 43.6 Å². The van der Waals surface area contributed by atoms with E-state index in [1.165, 1.54) is 0 Å². The second kappa shape index (κ2) is 7.86. The molecule has 33 heavy (non-hydrogen) atoms. The monoisotopic (exact) mass is 459 g/mol. The molecule has 0 bridgehead atoms. The zero-order valence-electron chi connectivity index (χ0n) is 18.3. The lowest BCUT2D eigenvalue weighted by molar-refractivity contribution is 0.467. The quantitative estimate of drug-likeness (QED) is 0.406. The average Bonchev–Trinajstić information content (AvgIpc) is 3.28. The van der Waals surface area contributed by atoms with E-state index >= 15 is 0 Å². The van der Waals surface area contributed by atoms with Gasteiger partial charge in [-0.15, -0.1) is 10.2 Å². The van der Waals surface area contributed by atoms with Crippen molar-refractivity contribution < 1.29 is 13.2 Å². The van der Waals surface area contributed by atoms with E-state index in [0.29, 0.717) is 28.5 Å². The summed E-state index contributed by atoms with van der Waals surface area (Å²) in [6, 6.07) is 17.8. The van der Waals surface area contributed by atoms with Crippen LogP contribution in [0.4, 0.5) is 5.69 Å². The summed E-state index contributed by atoms with van der Waals surface area (Å²) in [5.41, 5.74) is 5.21. The molecule has 3 aromatic carbocycles. The molecule has 5 aromatic rings. The summed E-state index contributed by atoms with van der Waals surface area (Å²) >= 11 is 0. The summed E-state index contributed by atoms with van der Waals surface area (Å²) in [6.07, 6.45) is 1.61. The number of aromatic nitrogens is 4. The van der Waals surface area contributed by atoms with Crippen LogP contribution in [0.5, 0.6) is 11.6 Å². The third kappa shape index (κ3) is 3.87. The molecule has 0 amide bonds. The Morgan fingerprint density at radius 3 is 2.42 bits per heavy atom. The van der Waals surface area contributed by atoms with Gasteiger partial charge in [-0.25, -0.2) is 13.4 Å². The molecule has 0 saturated heterocycles. The van der Waals surface area contributed by atoms with Crippen LogP contribution in [0.15, 0.2) is 71.9 Å². The minimum absolute atomic E-state index is 0.264. The van der Waals surface area contributed by atoms with Crippen molar-refractivity contribution in [3.05, 3.63) is 83.7 Å². The summed E-state index contributed by atoms with van der Waals surface area (Å²) in [4.78, 5) is 4.82. The highest BCUT2D eigenvalue weighted by Gasteiger charge is 2.18. The van der Waals surface area contributed by atoms with Gasteiger partial charge in [-0.1, -0.05) is 18.2 Å². The van der Waals surface area contributed by atoms with Gasteiger partial charge in [0.25, 0.3) is 15.9 Å². The van der Waals surface area contributed by atoms with Gasteiger partial charge in [0, 0.05) is 5.69 Å². The molecule has 5 rings (SSSR count). The average molecular weight is 460 g/mol. The molecule has 2 aromatic heterocycles. The number of fused-ring (bicyclic) bond motifs is 3. The fourth-order valence-electron chi connectivity index (χ4n) is 3.68. The Labute approximate surface area is 190 Å². The molecule has 0 unspecified atom stereocenters. The van der Waals surface area contributed by atoms with Crippen LogP contribution in [0, 0.1) is 20.8 Å². The topological polar surface area (TPSA) is 98.5 Å². The minimum atomic E-state index is -3.73. The van der Waals surface area contributed by atoms with E-state index in [4.69, 9.17) is 4.74 Å². The molecular formula is C24H21N5O3S. The van der Waals surface area contributed by atoms with Gasteiger partial charge in [-0.2, -0.15) is 0 Å². The number of nitrogens with one attached hydrogen (secondary N) is 1. The van der Waals surface area contributed by atoms with Crippen molar-refractivity contribution in [2.75, 3.05) is 4.72 Å². The van der Waals surface area contributed by atoms with E-state index in [1.807, 2.05) is 48.6 Å². The Morgan fingerprint density at radius 2 is 1.64 bits per heavy atom. The first kappa shape index (κ1) is 20.9. The minimum Gasteiger partial charge on any atom is -0.436 e. The predicted molar refractivity (Wildman–Crippen MR) is 126 cm³/mol. The zero-order valence-corrected chi connectivity index (χ0v) is 19.1. The smallest absolute Gasteiger partial charge is 0.266 e. The van der Waals surface area contributed by atoms with Crippen molar-refractivity contribution in [1.82, 2.24) is 19.6 Å². The maximum atomic E-state index is 12.9. The highest BCUT2D eigenvalue weighted by molar-refractivity contribution is 7.92. The lowest BCUT2D eigenvalue weighted by Gasteiger charge is -2.13. The fraction of sp³-hybridized carbons (Fsp3) is 0.125. The third-order valence-corrected chi connectivity index (χ3v) is 7.03. The lowest BCUT2D eigenvalue weighted by atomic mass is 10.1. The van der Waals surface area contributed by atoms with Crippen LogP contribution in [0.1, 0.15) is 16.7 Å². The van der Waals surface area contributed by atoms with Crippen molar-refractivity contribution in [3.63, 3.8) is 0 Å². The second-order valence-corrected chi connectivity index (χ2v) is 9.51. The van der Waals surface area contributed by atoms with Gasteiger partial charge in [0.1, 0.15) is 12.1 Å². The third-order valence-electron chi connectivity index (χ3n) is 5.50. The molecule has 0 atom stereocenters. The molecule has 2 heterocycles. The van der Waals surface area contributed by atoms with Crippen molar-refractivity contribution in [3.8, 4) is 11.6 Å². The lowest BCUT2D eigenvalue weighted by Crippen LogP contribution is -2.14. The van der Waals surface area contributed by atoms with Gasteiger partial charge in [-0.05, 0) is 79.9 Å². The summed E-state index contributed by atoms with van der Waals surface area (Å²) in [7, 11) is -3.73. The van der Waals surface area contributed by atoms with Crippen LogP contribution in [0.2, 0.25) is 0 Å². The van der Waals surface area contributed by atoms with Crippen LogP contribution >= 0.6 is 0 Å². The maximum Gasteiger partial charge on any atom is 0.266 e. The Morgan fingerprint density at radius 1 is 0.909 bits per heavy atom. The van der Waals surface area contributed by atoms with E-state index < -0.39 is 10.0 Å². The number of ether oxygens (including phenoxy) is 1. The molecule has 0 radical (unpaired) electrons. The predicted octanol–water partition coefficient (Wildman–Crippen LogP) is 4.80. The van der Waals surface area contributed by atoms with Crippen LogP contribution in [-0.4, -0.2) is 28.0 Å². The number of rotatable bonds is 5. The van der Waals surface area contributed by atoms with Crippen LogP contribution in [0.3, 0.4) is 0 Å². The molecule has 0 aliphatic carbocycles. The van der Waals surface area contributed by atoms with Crippen LogP contribution < -0.4 is 9.46 Å². The Balaban J connectivity index is 1.41. The first-order valence-corrected chi connectivity index (χ1v) is 11.8. The van der Waals surface area contributed by atoms with Gasteiger partial charge in [0.2, 0.25) is 5.65 Å². The molecule has 0 aliphatic rings. The SMILES string of the molecule is Cc1cc(C)c(S(=O)(=O)Nc2ccc(Oc3nc4ccccc4n4cnnc34)cc2)cc1C. The fourth-order valence-corrected chi connectivity index (χ4v) is 5.05. The van der Waals surface area contributed by atoms with Crippen molar-refractivity contribution in [1.29, 1.82) is 0 Å². The van der Waals surface area contributed by atoms with Crippen LogP contribution in [0.25, 0.3) is 16.7 Å². The van der Waals surface area contributed by atoms with Crippen LogP contribution in [-0.2, 0) is 10.0 Å². The Hall–Kier alpha value is -3.98. The molecule has 9 heteroatoms. The molecular weight excluding hydrogens is 438 g/mol. The van der Waals surface area contributed by atoms with Crippen molar-refractivity contribution in [2.45, 2.75) is 25.7 Å². The Bertz CT molecular complexity index is 1610. The number of anilines is 1. The summed E-state index contributed by atoms with van der Waals surface area (Å²) in [5, 5.41) is 8.09. The van der Waals surface area contributed by atoms with Gasteiger partial charge in [0.05, 0.1) is 15.9 Å². The first-order valence-electron chi connectivity index (χ1n) is 10.3. The maximum absolute atomic E-state index is 12.9. The largest absolute Gasteiger partial charge is 0.436 e. The van der Waals surface area contributed by atoms with Gasteiger partial charge in [0.15, 0.2) is 0 Å². The van der Waals surface area contributed by atoms with E-state index in [2.05, 4.69) is 19.9 Å². The number of para-hydroxylation sites is 2. The number of hydrogen-bond acceptors (Lipinski definition) is 6. The molecule has 0 saturated carbocycles. The molecule has 8 nitrogen and oxygen atoms in total. The van der Waals surface area contributed by atoms with Crippen molar-refractivity contribution >= 4 is 32.4 Å². The first-order chi connectivity index (χ1) is 15.8. The van der Waals surface area contributed by atoms with E-state index in [-0.39, 0.29) is 4.90 Å². The number of aryl methyl sites for hydroxylation is 3. The summed E-state index contributed by atoms with van der Waals surface area (Å²) in [6.45, 7) is 5.65. The number of benzene rings is 3. The van der Waals surface area contributed by atoms with E-state index in [9.17, 15) is 8.42 Å². The zero-order chi connectivity index (χ0) is 23.2. The molecule has 0 fully saturated rings. The standard InChI is InChI=1S/C24H21N5O3S/c1-15-12-17(3)22(13-16(15)2)33(30,31)28-18-8-10-19(11-9-18)32-24-23-27-25-14-29(23)21-7-5-4-6-20(21)26-24/h4-14,28H,1-3H3. The normalized spacial score (nSPS) is 11.7. The Kier molecular flexibility index (Phi) is 4.98. The number of nitrogens with zero attached hydrogens (tertiary/aromatic N) is 4. The van der Waals surface area contributed by atoms with E-state index in [0.717, 1.165) is 22.2 Å². The molecule has 1 N–H and O–H groups in total. The van der Waals surface area contributed by atoms with Gasteiger partial charge < -0.3 is 4.74 Å². The molecule has 166 valence electrons. The van der Waals surface area contributed by atoms with Gasteiger partial charge >= 0.3 is 0 Å². The van der Waals surface area contributed by atoms with Gasteiger partial charge in [-0.3, -0.25) is 9.12 Å². The second-order valence-electron chi connectivity index (χ2n) is 7.86. The highest BCUT2D eigenvalue weighted by atomic mass is 32.2. The number of hydrogen-bond donors (Lipinski definition) is 1. The molecule has 0 spiro atoms. The summed E-state index contributed by atoms with van der Waals surface area (Å²) in [5.74, 6) is 0.804. The van der Waals surface area contributed by atoms with Crippen molar-refractivity contribution in [2.24, 2.45) is 0 Å².